The highest BCUT2D eigenvalue weighted by Gasteiger charge is 2.44. The van der Waals surface area contributed by atoms with E-state index in [-0.39, 0.29) is 5.54 Å². The Morgan fingerprint density at radius 2 is 1.67 bits per heavy atom. The lowest BCUT2D eigenvalue weighted by atomic mass is 9.63. The maximum absolute atomic E-state index is 6.24. The number of nitrogens with two attached hydrogens (primary N) is 1. The quantitative estimate of drug-likeness (QED) is 0.784. The first-order valence-electron chi connectivity index (χ1n) is 7.84. The van der Waals surface area contributed by atoms with Gasteiger partial charge in [-0.2, -0.15) is 0 Å². The zero-order valence-electron chi connectivity index (χ0n) is 13.3. The second-order valence-corrected chi connectivity index (χ2v) is 7.27. The summed E-state index contributed by atoms with van der Waals surface area (Å²) in [5, 5.41) is 0. The third kappa shape index (κ3) is 3.71. The van der Waals surface area contributed by atoms with Gasteiger partial charge in [0.25, 0.3) is 0 Å². The van der Waals surface area contributed by atoms with Crippen molar-refractivity contribution < 1.29 is 0 Å². The van der Waals surface area contributed by atoms with E-state index in [1.165, 1.54) is 45.2 Å². The normalized spacial score (nSPS) is 31.8. The molecule has 0 heterocycles. The summed E-state index contributed by atoms with van der Waals surface area (Å²) in [6.07, 6.45) is 6.36. The predicted molar refractivity (Wildman–Crippen MR) is 80.7 cm³/mol. The smallest absolute Gasteiger partial charge is 0.0339 e. The second kappa shape index (κ2) is 6.38. The highest BCUT2D eigenvalue weighted by molar-refractivity contribution is 5.01. The monoisotopic (exact) mass is 254 g/mol. The highest BCUT2D eigenvalue weighted by Crippen LogP contribution is 2.46. The maximum atomic E-state index is 6.24. The highest BCUT2D eigenvalue weighted by atomic mass is 15.2. The predicted octanol–water partition coefficient (Wildman–Crippen LogP) is 3.65. The molecule has 0 aliphatic heterocycles. The minimum absolute atomic E-state index is 0.257. The molecular formula is C16H34N2. The summed E-state index contributed by atoms with van der Waals surface area (Å²) in [5.74, 6) is 0.800. The van der Waals surface area contributed by atoms with Crippen molar-refractivity contribution in [3.05, 3.63) is 0 Å². The summed E-state index contributed by atoms with van der Waals surface area (Å²) in [4.78, 5) is 2.70. The van der Waals surface area contributed by atoms with Crippen LogP contribution in [-0.4, -0.2) is 30.1 Å². The molecular weight excluding hydrogens is 220 g/mol. The van der Waals surface area contributed by atoms with Crippen LogP contribution < -0.4 is 5.73 Å². The molecule has 0 aromatic carbocycles. The minimum atomic E-state index is 0.257. The van der Waals surface area contributed by atoms with Gasteiger partial charge in [0.15, 0.2) is 0 Å². The van der Waals surface area contributed by atoms with Crippen LogP contribution in [0.3, 0.4) is 0 Å². The first kappa shape index (κ1) is 16.0. The second-order valence-electron chi connectivity index (χ2n) is 7.27. The molecule has 2 heteroatoms. The van der Waals surface area contributed by atoms with Gasteiger partial charge in [0.2, 0.25) is 0 Å². The van der Waals surface area contributed by atoms with Crippen molar-refractivity contribution in [2.45, 2.75) is 72.3 Å². The number of nitrogens with zero attached hydrogens (tertiary/aromatic N) is 1. The maximum Gasteiger partial charge on any atom is 0.0339 e. The molecule has 0 aromatic rings. The average Bonchev–Trinajstić information content (AvgIpc) is 2.26. The van der Waals surface area contributed by atoms with Crippen molar-refractivity contribution in [2.24, 2.45) is 17.1 Å². The van der Waals surface area contributed by atoms with Gasteiger partial charge in [-0.1, -0.05) is 34.6 Å². The Labute approximate surface area is 114 Å². The van der Waals surface area contributed by atoms with Crippen molar-refractivity contribution in [1.29, 1.82) is 0 Å². The molecule has 0 amide bonds. The van der Waals surface area contributed by atoms with Crippen molar-refractivity contribution in [2.75, 3.05) is 19.6 Å². The molecule has 0 saturated heterocycles. The average molecular weight is 254 g/mol. The molecule has 18 heavy (non-hydrogen) atoms. The van der Waals surface area contributed by atoms with Crippen LogP contribution in [0.25, 0.3) is 0 Å². The Balaban J connectivity index is 2.93. The molecule has 1 aliphatic carbocycles. The SMILES string of the molecule is CCCN(CCC)C1(CN)CC(C)CC(C)(C)C1. The van der Waals surface area contributed by atoms with Crippen LogP contribution in [-0.2, 0) is 0 Å². The van der Waals surface area contributed by atoms with Gasteiger partial charge < -0.3 is 5.73 Å². The molecule has 108 valence electrons. The zero-order chi connectivity index (χ0) is 13.8. The van der Waals surface area contributed by atoms with E-state index in [2.05, 4.69) is 39.5 Å². The number of rotatable bonds is 6. The van der Waals surface area contributed by atoms with E-state index in [0.29, 0.717) is 5.41 Å². The van der Waals surface area contributed by atoms with Crippen LogP contribution in [0.2, 0.25) is 0 Å². The topological polar surface area (TPSA) is 29.3 Å². The Hall–Kier alpha value is -0.0800. The molecule has 2 atom stereocenters. The first-order valence-corrected chi connectivity index (χ1v) is 7.84. The molecule has 1 fully saturated rings. The third-order valence-corrected chi connectivity index (χ3v) is 4.47. The molecule has 2 N–H and O–H groups in total. The van der Waals surface area contributed by atoms with E-state index in [4.69, 9.17) is 5.73 Å². The van der Waals surface area contributed by atoms with Crippen LogP contribution >= 0.6 is 0 Å². The van der Waals surface area contributed by atoms with Crippen molar-refractivity contribution in [1.82, 2.24) is 4.90 Å². The summed E-state index contributed by atoms with van der Waals surface area (Å²) < 4.78 is 0. The summed E-state index contributed by atoms with van der Waals surface area (Å²) in [6, 6.07) is 0. The van der Waals surface area contributed by atoms with E-state index in [9.17, 15) is 0 Å². The fourth-order valence-corrected chi connectivity index (χ4v) is 4.35. The summed E-state index contributed by atoms with van der Waals surface area (Å²) in [7, 11) is 0. The van der Waals surface area contributed by atoms with Crippen LogP contribution in [0.4, 0.5) is 0 Å². The summed E-state index contributed by atoms with van der Waals surface area (Å²) >= 11 is 0. The largest absolute Gasteiger partial charge is 0.329 e. The molecule has 1 saturated carbocycles. The van der Waals surface area contributed by atoms with Gasteiger partial charge in [0, 0.05) is 12.1 Å². The van der Waals surface area contributed by atoms with Gasteiger partial charge in [-0.25, -0.2) is 0 Å². The fourth-order valence-electron chi connectivity index (χ4n) is 4.35. The van der Waals surface area contributed by atoms with Gasteiger partial charge in [-0.3, -0.25) is 4.90 Å². The third-order valence-electron chi connectivity index (χ3n) is 4.47. The van der Waals surface area contributed by atoms with Crippen LogP contribution in [0.5, 0.6) is 0 Å². The van der Waals surface area contributed by atoms with Crippen LogP contribution in [0.15, 0.2) is 0 Å². The van der Waals surface area contributed by atoms with Gasteiger partial charge >= 0.3 is 0 Å². The Morgan fingerprint density at radius 1 is 1.11 bits per heavy atom. The van der Waals surface area contributed by atoms with E-state index < -0.39 is 0 Å². The Kier molecular flexibility index (Phi) is 5.67. The lowest BCUT2D eigenvalue weighted by Gasteiger charge is -2.53. The van der Waals surface area contributed by atoms with Crippen molar-refractivity contribution in [3.63, 3.8) is 0 Å². The Bertz CT molecular complexity index is 243. The molecule has 0 bridgehead atoms. The molecule has 0 spiro atoms. The number of hydrogen-bond donors (Lipinski definition) is 1. The van der Waals surface area contributed by atoms with Gasteiger partial charge in [0.1, 0.15) is 0 Å². The standard InChI is InChI=1S/C16H34N2/c1-6-8-18(9-7-2)16(13-17)11-14(3)10-15(4,5)12-16/h14H,6-13,17H2,1-5H3. The van der Waals surface area contributed by atoms with E-state index >= 15 is 0 Å². The molecule has 2 nitrogen and oxygen atoms in total. The lowest BCUT2D eigenvalue weighted by Crippen LogP contribution is -2.59. The van der Waals surface area contributed by atoms with Crippen molar-refractivity contribution >= 4 is 0 Å². The molecule has 0 radical (unpaired) electrons. The van der Waals surface area contributed by atoms with Crippen LogP contribution in [0.1, 0.15) is 66.7 Å². The molecule has 0 aromatic heterocycles. The molecule has 2 unspecified atom stereocenters. The van der Waals surface area contributed by atoms with Gasteiger partial charge in [-0.15, -0.1) is 0 Å². The van der Waals surface area contributed by atoms with Gasteiger partial charge in [0.05, 0.1) is 0 Å². The number of hydrogen-bond acceptors (Lipinski definition) is 2. The summed E-state index contributed by atoms with van der Waals surface area (Å²) in [5.41, 5.74) is 6.94. The summed E-state index contributed by atoms with van der Waals surface area (Å²) in [6.45, 7) is 15.0. The lowest BCUT2D eigenvalue weighted by molar-refractivity contribution is -0.0119. The van der Waals surface area contributed by atoms with E-state index in [0.717, 1.165) is 12.5 Å². The van der Waals surface area contributed by atoms with Gasteiger partial charge in [-0.05, 0) is 56.5 Å². The molecule has 1 rings (SSSR count). The fraction of sp³-hybridized carbons (Fsp3) is 1.00. The van der Waals surface area contributed by atoms with Crippen LogP contribution in [0, 0.1) is 11.3 Å². The van der Waals surface area contributed by atoms with E-state index in [1.807, 2.05) is 0 Å². The Morgan fingerprint density at radius 3 is 2.06 bits per heavy atom. The zero-order valence-corrected chi connectivity index (χ0v) is 13.3. The first-order chi connectivity index (χ1) is 8.39. The van der Waals surface area contributed by atoms with E-state index in [1.54, 1.807) is 0 Å². The minimum Gasteiger partial charge on any atom is -0.329 e. The van der Waals surface area contributed by atoms with Crippen molar-refractivity contribution in [3.8, 4) is 0 Å². The molecule has 1 aliphatic rings.